The van der Waals surface area contributed by atoms with Gasteiger partial charge in [0.15, 0.2) is 11.8 Å². The molecule has 34 heavy (non-hydrogen) atoms. The van der Waals surface area contributed by atoms with E-state index in [4.69, 9.17) is 15.2 Å². The monoisotopic (exact) mass is 493 g/mol. The van der Waals surface area contributed by atoms with Gasteiger partial charge in [0, 0.05) is 11.3 Å². The highest BCUT2D eigenvalue weighted by atomic mass is 19.4. The van der Waals surface area contributed by atoms with Gasteiger partial charge in [-0.1, -0.05) is 0 Å². The van der Waals surface area contributed by atoms with Crippen molar-refractivity contribution in [3.05, 3.63) is 53.4 Å². The Kier molecular flexibility index (Phi) is 5.62. The van der Waals surface area contributed by atoms with E-state index in [1.54, 1.807) is 0 Å². The summed E-state index contributed by atoms with van der Waals surface area (Å²) in [7, 11) is 0. The fourth-order valence-electron chi connectivity index (χ4n) is 3.82. The average molecular weight is 493 g/mol. The van der Waals surface area contributed by atoms with Crippen LogP contribution >= 0.6 is 0 Å². The van der Waals surface area contributed by atoms with Gasteiger partial charge in [-0.25, -0.2) is 19.4 Å². The number of aliphatic imine (C=N–C) groups is 1. The molecule has 15 heteroatoms. The number of nitrogens with one attached hydrogen (secondary N) is 1. The van der Waals surface area contributed by atoms with Crippen molar-refractivity contribution in [1.82, 2.24) is 9.97 Å². The van der Waals surface area contributed by atoms with Crippen LogP contribution in [0.4, 0.5) is 36.4 Å². The maximum absolute atomic E-state index is 14.8. The lowest BCUT2D eigenvalue weighted by Crippen LogP contribution is -2.48. The van der Waals surface area contributed by atoms with E-state index < -0.39 is 72.3 Å². The molecule has 1 saturated heterocycles. The van der Waals surface area contributed by atoms with Crippen LogP contribution in [0.2, 0.25) is 0 Å². The van der Waals surface area contributed by atoms with Gasteiger partial charge in [-0.05, 0) is 18.2 Å². The first-order valence-electron chi connectivity index (χ1n) is 9.48. The van der Waals surface area contributed by atoms with Crippen LogP contribution in [0, 0.1) is 11.7 Å². The van der Waals surface area contributed by atoms with Gasteiger partial charge < -0.3 is 20.5 Å². The van der Waals surface area contributed by atoms with E-state index in [1.807, 2.05) is 0 Å². The van der Waals surface area contributed by atoms with Gasteiger partial charge in [-0.2, -0.15) is 26.3 Å². The molecule has 3 atom stereocenters. The Morgan fingerprint density at radius 2 is 1.88 bits per heavy atom. The van der Waals surface area contributed by atoms with Gasteiger partial charge in [0.2, 0.25) is 0 Å². The van der Waals surface area contributed by atoms with Crippen molar-refractivity contribution in [1.29, 1.82) is 0 Å². The number of benzene rings is 1. The Morgan fingerprint density at radius 3 is 2.50 bits per heavy atom. The second-order valence-corrected chi connectivity index (χ2v) is 7.50. The smallest absolute Gasteiger partial charge is 0.434 e. The number of amidine groups is 1. The van der Waals surface area contributed by atoms with Gasteiger partial charge in [0.05, 0.1) is 31.5 Å². The van der Waals surface area contributed by atoms with Crippen molar-refractivity contribution in [2.75, 3.05) is 18.5 Å². The normalized spacial score (nSPS) is 24.7. The Hall–Kier alpha value is -3.49. The van der Waals surface area contributed by atoms with Crippen molar-refractivity contribution < 1.29 is 45.0 Å². The van der Waals surface area contributed by atoms with E-state index in [1.165, 1.54) is 0 Å². The number of ether oxygens (including phenoxy) is 2. The number of halogens is 7. The minimum Gasteiger partial charge on any atom is -0.465 e. The summed E-state index contributed by atoms with van der Waals surface area (Å²) in [6.07, 6.45) is -10.9. The Labute approximate surface area is 186 Å². The van der Waals surface area contributed by atoms with Crippen LogP contribution in [0.5, 0.6) is 0 Å². The minimum atomic E-state index is -4.79. The van der Waals surface area contributed by atoms with E-state index >= 15 is 0 Å². The zero-order chi connectivity index (χ0) is 24.9. The third-order valence-corrected chi connectivity index (χ3v) is 5.37. The zero-order valence-corrected chi connectivity index (χ0v) is 16.7. The van der Waals surface area contributed by atoms with E-state index in [2.05, 4.69) is 20.3 Å². The van der Waals surface area contributed by atoms with Crippen molar-refractivity contribution in [2.45, 2.75) is 24.0 Å². The number of carbonyl (C=O) groups excluding carboxylic acids is 1. The molecule has 1 amide bonds. The number of aromatic nitrogens is 2. The topological polar surface area (TPSA) is 112 Å². The van der Waals surface area contributed by atoms with Crippen LogP contribution in [0.25, 0.3) is 0 Å². The molecule has 2 aliphatic rings. The summed E-state index contributed by atoms with van der Waals surface area (Å²) < 4.78 is 103. The molecule has 2 aromatic rings. The molecule has 8 nitrogen and oxygen atoms in total. The largest absolute Gasteiger partial charge is 0.465 e. The second-order valence-electron chi connectivity index (χ2n) is 7.50. The van der Waals surface area contributed by atoms with Crippen molar-refractivity contribution >= 4 is 17.6 Å². The molecule has 2 aliphatic heterocycles. The maximum atomic E-state index is 14.8. The van der Waals surface area contributed by atoms with Gasteiger partial charge in [0.25, 0.3) is 11.9 Å². The Morgan fingerprint density at radius 1 is 1.15 bits per heavy atom. The zero-order valence-electron chi connectivity index (χ0n) is 16.7. The lowest BCUT2D eigenvalue weighted by molar-refractivity contribution is -0.219. The lowest BCUT2D eigenvalue weighted by atomic mass is 9.77. The van der Waals surface area contributed by atoms with Crippen molar-refractivity contribution in [2.24, 2.45) is 16.6 Å². The number of hydrogen-bond acceptors (Lipinski definition) is 7. The molecule has 3 N–H and O–H groups in total. The number of fused-ring (bicyclic) bond motifs is 1. The molecular weight excluding hydrogens is 479 g/mol. The fraction of sp³-hybridized carbons (Fsp3) is 0.368. The lowest BCUT2D eigenvalue weighted by Gasteiger charge is -2.36. The molecule has 182 valence electrons. The summed E-state index contributed by atoms with van der Waals surface area (Å²) >= 11 is 0. The molecule has 0 saturated carbocycles. The number of alkyl halides is 6. The van der Waals surface area contributed by atoms with Crippen LogP contribution in [0.15, 0.2) is 35.6 Å². The molecule has 0 spiro atoms. The van der Waals surface area contributed by atoms with Crippen LogP contribution in [0.3, 0.4) is 0 Å². The number of hydrogen-bond donors (Lipinski definition) is 2. The Balaban J connectivity index is 1.66. The first kappa shape index (κ1) is 23.7. The molecular formula is C19H14F7N5O3. The predicted molar refractivity (Wildman–Crippen MR) is 99.9 cm³/mol. The average Bonchev–Trinajstić information content (AvgIpc) is 3.14. The Bertz CT molecular complexity index is 1140. The molecule has 0 aliphatic carbocycles. The quantitative estimate of drug-likeness (QED) is 0.636. The third-order valence-electron chi connectivity index (χ3n) is 5.37. The molecule has 1 aromatic carbocycles. The molecule has 0 radical (unpaired) electrons. The second kappa shape index (κ2) is 8.07. The molecule has 0 unspecified atom stereocenters. The third kappa shape index (κ3) is 4.22. The highest BCUT2D eigenvalue weighted by Crippen LogP contribution is 2.50. The summed E-state index contributed by atoms with van der Waals surface area (Å²) in [5.41, 5.74) is 1.45. The van der Waals surface area contributed by atoms with Crippen LogP contribution in [-0.2, 0) is 21.2 Å². The van der Waals surface area contributed by atoms with E-state index in [0.717, 1.165) is 18.2 Å². The standard InChI is InChI=1S/C19H14F7N5O3/c20-11-2-1-8(30-15(32)12-4-29-13(5-28-12)18(21,22)23)3-9(11)17-7-34-14(19(24,25)26)10(17)6-33-16(27)31-17/h1-5,10,14H,6-7H2,(H2,27,31)(H,30,32)/t10-,14+,17-/m1/s1. The van der Waals surface area contributed by atoms with Crippen LogP contribution in [0.1, 0.15) is 21.7 Å². The van der Waals surface area contributed by atoms with Gasteiger partial charge in [0.1, 0.15) is 17.1 Å². The van der Waals surface area contributed by atoms with Gasteiger partial charge >= 0.3 is 12.4 Å². The van der Waals surface area contributed by atoms with Crippen LogP contribution < -0.4 is 11.1 Å². The number of amides is 1. The first-order valence-corrected chi connectivity index (χ1v) is 9.48. The van der Waals surface area contributed by atoms with E-state index in [-0.39, 0.29) is 11.3 Å². The summed E-state index contributed by atoms with van der Waals surface area (Å²) in [6, 6.07) is 2.57. The van der Waals surface area contributed by atoms with E-state index in [9.17, 15) is 35.5 Å². The molecule has 4 rings (SSSR count). The number of nitrogens with two attached hydrogens (primary N) is 1. The maximum Gasteiger partial charge on any atom is 0.434 e. The summed E-state index contributed by atoms with van der Waals surface area (Å²) in [4.78, 5) is 22.9. The minimum absolute atomic E-state index is 0.0908. The number of rotatable bonds is 3. The molecule has 3 heterocycles. The van der Waals surface area contributed by atoms with Crippen LogP contribution in [-0.4, -0.2) is 47.4 Å². The fourth-order valence-corrected chi connectivity index (χ4v) is 3.82. The summed E-state index contributed by atoms with van der Waals surface area (Å²) in [5.74, 6) is -3.40. The van der Waals surface area contributed by atoms with Crippen molar-refractivity contribution in [3.8, 4) is 0 Å². The SMILES string of the molecule is NC1=N[C@@]2(c3cc(NC(=O)c4cnc(C(F)(F)F)cn4)ccc3F)CO[C@H](C(F)(F)F)[C@H]2CO1. The highest BCUT2D eigenvalue weighted by Gasteiger charge is 2.62. The van der Waals surface area contributed by atoms with Crippen molar-refractivity contribution in [3.63, 3.8) is 0 Å². The summed E-state index contributed by atoms with van der Waals surface area (Å²) in [6.45, 7) is -1.21. The van der Waals surface area contributed by atoms with Gasteiger partial charge in [-0.15, -0.1) is 0 Å². The predicted octanol–water partition coefficient (Wildman–Crippen LogP) is 3.00. The molecule has 0 bridgehead atoms. The highest BCUT2D eigenvalue weighted by molar-refractivity contribution is 6.02. The first-order chi connectivity index (χ1) is 15.8. The molecule has 1 fully saturated rings. The van der Waals surface area contributed by atoms with Gasteiger partial charge in [-0.3, -0.25) is 4.79 Å². The number of carbonyl (C=O) groups is 1. The summed E-state index contributed by atoms with van der Waals surface area (Å²) in [5, 5.41) is 2.29. The number of anilines is 1. The number of nitrogens with zero attached hydrogens (tertiary/aromatic N) is 3. The molecule has 1 aromatic heterocycles. The van der Waals surface area contributed by atoms with E-state index in [0.29, 0.717) is 12.4 Å².